The largest absolute Gasteiger partial charge is 0.497 e. The molecule has 0 saturated heterocycles. The van der Waals surface area contributed by atoms with Gasteiger partial charge < -0.3 is 15.8 Å². The number of methoxy groups -OCH3 is 1. The Hall–Kier alpha value is -2.27. The Morgan fingerprint density at radius 3 is 2.45 bits per heavy atom. The van der Waals surface area contributed by atoms with Crippen LogP contribution in [0.3, 0.4) is 0 Å². The third-order valence-electron chi connectivity index (χ3n) is 3.25. The first-order chi connectivity index (χ1) is 10.1. The summed E-state index contributed by atoms with van der Waals surface area (Å²) in [6.07, 6.45) is 2.26. The van der Waals surface area contributed by atoms with E-state index in [9.17, 15) is 4.79 Å². The first kappa shape index (κ1) is 17.8. The topological polar surface area (TPSA) is 77.2 Å². The molecule has 2 aromatic rings. The lowest BCUT2D eigenvalue weighted by Crippen LogP contribution is -2.28. The van der Waals surface area contributed by atoms with Crippen LogP contribution in [0.25, 0.3) is 0 Å². The Balaban J connectivity index is 0.00000242. The molecule has 118 valence electrons. The number of carbonyl (C=O) groups is 1. The van der Waals surface area contributed by atoms with Gasteiger partial charge in [-0.2, -0.15) is 0 Å². The maximum Gasteiger partial charge on any atom is 0.270 e. The SMILES string of the molecule is CCC(NC(=O)c1ccc(N)cn1)c1ccc(OC)cc1.Cl. The van der Waals surface area contributed by atoms with Gasteiger partial charge in [-0.25, -0.2) is 4.98 Å². The second kappa shape index (κ2) is 8.24. The summed E-state index contributed by atoms with van der Waals surface area (Å²) in [5.41, 5.74) is 7.49. The molecular weight excluding hydrogens is 302 g/mol. The highest BCUT2D eigenvalue weighted by Crippen LogP contribution is 2.20. The van der Waals surface area contributed by atoms with Gasteiger partial charge in [-0.05, 0) is 36.2 Å². The van der Waals surface area contributed by atoms with Gasteiger partial charge >= 0.3 is 0 Å². The van der Waals surface area contributed by atoms with Gasteiger partial charge in [-0.1, -0.05) is 19.1 Å². The van der Waals surface area contributed by atoms with E-state index in [0.29, 0.717) is 11.4 Å². The molecule has 0 bridgehead atoms. The number of halogens is 1. The first-order valence-corrected chi connectivity index (χ1v) is 6.80. The zero-order chi connectivity index (χ0) is 15.2. The van der Waals surface area contributed by atoms with Crippen molar-refractivity contribution >= 4 is 24.0 Å². The van der Waals surface area contributed by atoms with Crippen LogP contribution < -0.4 is 15.8 Å². The second-order valence-electron chi connectivity index (χ2n) is 4.68. The number of hydrogen-bond acceptors (Lipinski definition) is 4. The fourth-order valence-electron chi connectivity index (χ4n) is 2.03. The van der Waals surface area contributed by atoms with Crippen molar-refractivity contribution in [3.8, 4) is 5.75 Å². The Labute approximate surface area is 136 Å². The number of pyridine rings is 1. The molecular formula is C16H20ClN3O2. The molecule has 0 aliphatic rings. The van der Waals surface area contributed by atoms with Gasteiger partial charge in [-0.3, -0.25) is 4.79 Å². The molecule has 1 aromatic heterocycles. The monoisotopic (exact) mass is 321 g/mol. The number of nitrogen functional groups attached to an aromatic ring is 1. The standard InChI is InChI=1S/C16H19N3O2.ClH/c1-3-14(11-4-7-13(21-2)8-5-11)19-16(20)15-9-6-12(17)10-18-15;/h4-10,14H,3,17H2,1-2H3,(H,19,20);1H. The molecule has 6 heteroatoms. The van der Waals surface area contributed by atoms with Gasteiger partial charge in [0.2, 0.25) is 0 Å². The van der Waals surface area contributed by atoms with Crippen LogP contribution in [0.1, 0.15) is 35.4 Å². The van der Waals surface area contributed by atoms with Crippen molar-refractivity contribution in [2.75, 3.05) is 12.8 Å². The van der Waals surface area contributed by atoms with Gasteiger partial charge in [-0.15, -0.1) is 12.4 Å². The number of nitrogens with zero attached hydrogens (tertiary/aromatic N) is 1. The van der Waals surface area contributed by atoms with Gasteiger partial charge in [0.05, 0.1) is 25.0 Å². The summed E-state index contributed by atoms with van der Waals surface area (Å²) in [7, 11) is 1.63. The zero-order valence-corrected chi connectivity index (χ0v) is 13.4. The summed E-state index contributed by atoms with van der Waals surface area (Å²) in [5, 5.41) is 2.97. The summed E-state index contributed by atoms with van der Waals surface area (Å²) >= 11 is 0. The minimum absolute atomic E-state index is 0. The molecule has 0 aliphatic heterocycles. The summed E-state index contributed by atoms with van der Waals surface area (Å²) in [6.45, 7) is 2.02. The maximum absolute atomic E-state index is 12.2. The molecule has 0 fully saturated rings. The lowest BCUT2D eigenvalue weighted by Gasteiger charge is -2.17. The fourth-order valence-corrected chi connectivity index (χ4v) is 2.03. The van der Waals surface area contributed by atoms with Crippen LogP contribution in [-0.4, -0.2) is 18.0 Å². The minimum Gasteiger partial charge on any atom is -0.497 e. The maximum atomic E-state index is 12.2. The highest BCUT2D eigenvalue weighted by Gasteiger charge is 2.15. The number of anilines is 1. The van der Waals surface area contributed by atoms with E-state index in [1.165, 1.54) is 6.20 Å². The Bertz CT molecular complexity index is 600. The van der Waals surface area contributed by atoms with Crippen molar-refractivity contribution < 1.29 is 9.53 Å². The van der Waals surface area contributed by atoms with Crippen LogP contribution in [0.15, 0.2) is 42.6 Å². The van der Waals surface area contributed by atoms with Gasteiger partial charge in [0, 0.05) is 0 Å². The average molecular weight is 322 g/mol. The van der Waals surface area contributed by atoms with Crippen LogP contribution in [0, 0.1) is 0 Å². The highest BCUT2D eigenvalue weighted by molar-refractivity contribution is 5.92. The molecule has 1 aromatic carbocycles. The summed E-state index contributed by atoms with van der Waals surface area (Å²) in [4.78, 5) is 16.2. The van der Waals surface area contributed by atoms with Crippen molar-refractivity contribution in [2.24, 2.45) is 0 Å². The van der Waals surface area contributed by atoms with E-state index >= 15 is 0 Å². The van der Waals surface area contributed by atoms with Crippen LogP contribution >= 0.6 is 12.4 Å². The molecule has 3 N–H and O–H groups in total. The third kappa shape index (κ3) is 4.36. The Morgan fingerprint density at radius 2 is 1.95 bits per heavy atom. The summed E-state index contributed by atoms with van der Waals surface area (Å²) < 4.78 is 5.13. The second-order valence-corrected chi connectivity index (χ2v) is 4.68. The fraction of sp³-hybridized carbons (Fsp3) is 0.250. The zero-order valence-electron chi connectivity index (χ0n) is 12.6. The lowest BCUT2D eigenvalue weighted by atomic mass is 10.0. The number of nitrogens with one attached hydrogen (secondary N) is 1. The minimum atomic E-state index is -0.210. The Morgan fingerprint density at radius 1 is 1.27 bits per heavy atom. The number of rotatable bonds is 5. The van der Waals surface area contributed by atoms with Crippen LogP contribution in [0.2, 0.25) is 0 Å². The number of aromatic nitrogens is 1. The molecule has 0 radical (unpaired) electrons. The Kier molecular flexibility index (Phi) is 6.66. The molecule has 2 rings (SSSR count). The molecule has 1 heterocycles. The van der Waals surface area contributed by atoms with E-state index in [1.807, 2.05) is 31.2 Å². The van der Waals surface area contributed by atoms with Crippen molar-refractivity contribution in [3.63, 3.8) is 0 Å². The van der Waals surface area contributed by atoms with E-state index in [-0.39, 0.29) is 24.4 Å². The molecule has 1 unspecified atom stereocenters. The van der Waals surface area contributed by atoms with Crippen LogP contribution in [-0.2, 0) is 0 Å². The van der Waals surface area contributed by atoms with Crippen molar-refractivity contribution in [1.29, 1.82) is 0 Å². The van der Waals surface area contributed by atoms with E-state index in [4.69, 9.17) is 10.5 Å². The molecule has 0 spiro atoms. The van der Waals surface area contributed by atoms with E-state index in [0.717, 1.165) is 17.7 Å². The van der Waals surface area contributed by atoms with E-state index in [1.54, 1.807) is 19.2 Å². The first-order valence-electron chi connectivity index (χ1n) is 6.80. The molecule has 1 amide bonds. The molecule has 5 nitrogen and oxygen atoms in total. The quantitative estimate of drug-likeness (QED) is 0.887. The molecule has 0 saturated carbocycles. The average Bonchev–Trinajstić information content (AvgIpc) is 2.53. The van der Waals surface area contributed by atoms with Gasteiger partial charge in [0.15, 0.2) is 0 Å². The number of hydrogen-bond donors (Lipinski definition) is 2. The van der Waals surface area contributed by atoms with Crippen molar-refractivity contribution in [1.82, 2.24) is 10.3 Å². The summed E-state index contributed by atoms with van der Waals surface area (Å²) in [6, 6.07) is 10.9. The predicted octanol–water partition coefficient (Wildman–Crippen LogP) is 2.98. The molecule has 0 aliphatic carbocycles. The number of amides is 1. The number of carbonyl (C=O) groups excluding carboxylic acids is 1. The number of nitrogens with two attached hydrogens (primary N) is 1. The van der Waals surface area contributed by atoms with Gasteiger partial charge in [0.25, 0.3) is 5.91 Å². The van der Waals surface area contributed by atoms with E-state index in [2.05, 4.69) is 10.3 Å². The number of benzene rings is 1. The lowest BCUT2D eigenvalue weighted by molar-refractivity contribution is 0.0930. The molecule has 1 atom stereocenters. The van der Waals surface area contributed by atoms with Gasteiger partial charge in [0.1, 0.15) is 11.4 Å². The number of ether oxygens (including phenoxy) is 1. The third-order valence-corrected chi connectivity index (χ3v) is 3.25. The normalized spacial score (nSPS) is 11.2. The van der Waals surface area contributed by atoms with Crippen LogP contribution in [0.4, 0.5) is 5.69 Å². The molecule has 22 heavy (non-hydrogen) atoms. The predicted molar refractivity (Wildman–Crippen MR) is 89.4 cm³/mol. The smallest absolute Gasteiger partial charge is 0.270 e. The summed E-state index contributed by atoms with van der Waals surface area (Å²) in [5.74, 6) is 0.581. The van der Waals surface area contributed by atoms with Crippen molar-refractivity contribution in [2.45, 2.75) is 19.4 Å². The highest BCUT2D eigenvalue weighted by atomic mass is 35.5. The van der Waals surface area contributed by atoms with E-state index < -0.39 is 0 Å². The van der Waals surface area contributed by atoms with Crippen molar-refractivity contribution in [3.05, 3.63) is 53.9 Å². The van der Waals surface area contributed by atoms with Crippen LogP contribution in [0.5, 0.6) is 5.75 Å².